The highest BCUT2D eigenvalue weighted by atomic mass is 32.1. The van der Waals surface area contributed by atoms with E-state index in [0.29, 0.717) is 17.0 Å². The fraction of sp³-hybridized carbons (Fsp3) is 0.143. The van der Waals surface area contributed by atoms with Crippen molar-refractivity contribution in [1.82, 2.24) is 5.32 Å². The first kappa shape index (κ1) is 18.7. The van der Waals surface area contributed by atoms with Gasteiger partial charge in [0.15, 0.2) is 5.11 Å². The number of methoxy groups -OCH3 is 1. The zero-order valence-corrected chi connectivity index (χ0v) is 16.1. The molecule has 6 heteroatoms. The second-order valence-corrected chi connectivity index (χ2v) is 6.69. The molecule has 3 aromatic carbocycles. The lowest BCUT2D eigenvalue weighted by molar-refractivity contribution is 0.0975. The largest absolute Gasteiger partial charge is 0.505 e. The van der Waals surface area contributed by atoms with Crippen LogP contribution in [0.2, 0.25) is 0 Å². The van der Waals surface area contributed by atoms with E-state index in [1.807, 2.05) is 43.3 Å². The number of benzene rings is 3. The van der Waals surface area contributed by atoms with Gasteiger partial charge in [-0.05, 0) is 66.2 Å². The number of fused-ring (bicyclic) bond motifs is 1. The van der Waals surface area contributed by atoms with E-state index in [9.17, 15) is 9.90 Å². The zero-order chi connectivity index (χ0) is 19.6. The molecule has 138 valence electrons. The molecule has 3 aromatic rings. The number of amides is 1. The molecule has 3 N–H and O–H groups in total. The van der Waals surface area contributed by atoms with Crippen molar-refractivity contribution in [3.8, 4) is 11.5 Å². The number of carbonyl (C=O) groups excluding carboxylic acids is 1. The number of rotatable bonds is 3. The Balaban J connectivity index is 1.83. The first-order valence-electron chi connectivity index (χ1n) is 8.38. The molecular formula is C21H20N2O3S. The Kier molecular flexibility index (Phi) is 5.28. The number of hydrogen-bond donors (Lipinski definition) is 3. The van der Waals surface area contributed by atoms with E-state index in [1.54, 1.807) is 19.1 Å². The maximum atomic E-state index is 12.7. The van der Waals surface area contributed by atoms with E-state index in [1.165, 1.54) is 7.11 Å². The molecule has 0 saturated heterocycles. The smallest absolute Gasteiger partial charge is 0.261 e. The molecule has 0 spiro atoms. The second-order valence-electron chi connectivity index (χ2n) is 6.29. The highest BCUT2D eigenvalue weighted by molar-refractivity contribution is 7.80. The lowest BCUT2D eigenvalue weighted by atomic mass is 10.1. The first-order valence-corrected chi connectivity index (χ1v) is 8.79. The maximum absolute atomic E-state index is 12.7. The quantitative estimate of drug-likeness (QED) is 0.467. The van der Waals surface area contributed by atoms with Gasteiger partial charge in [0, 0.05) is 0 Å². The Hall–Kier alpha value is -3.12. The van der Waals surface area contributed by atoms with Crippen LogP contribution >= 0.6 is 12.2 Å². The van der Waals surface area contributed by atoms with Gasteiger partial charge in [0.05, 0.1) is 18.4 Å². The van der Waals surface area contributed by atoms with Gasteiger partial charge in [-0.25, -0.2) is 0 Å². The van der Waals surface area contributed by atoms with Gasteiger partial charge in [0.1, 0.15) is 11.5 Å². The normalized spacial score (nSPS) is 10.5. The lowest BCUT2D eigenvalue weighted by Gasteiger charge is -2.14. The Morgan fingerprint density at radius 2 is 1.74 bits per heavy atom. The predicted molar refractivity (Wildman–Crippen MR) is 112 cm³/mol. The average molecular weight is 380 g/mol. The Bertz CT molecular complexity index is 1050. The van der Waals surface area contributed by atoms with Gasteiger partial charge >= 0.3 is 0 Å². The van der Waals surface area contributed by atoms with Crippen LogP contribution in [-0.2, 0) is 0 Å². The van der Waals surface area contributed by atoms with Crippen molar-refractivity contribution < 1.29 is 14.6 Å². The molecule has 0 aliphatic heterocycles. The summed E-state index contributed by atoms with van der Waals surface area (Å²) in [7, 11) is 1.52. The van der Waals surface area contributed by atoms with Crippen molar-refractivity contribution in [2.75, 3.05) is 12.4 Å². The average Bonchev–Trinajstić information content (AvgIpc) is 2.64. The van der Waals surface area contributed by atoms with Gasteiger partial charge in [-0.15, -0.1) is 0 Å². The van der Waals surface area contributed by atoms with Crippen LogP contribution in [0.25, 0.3) is 10.8 Å². The first-order chi connectivity index (χ1) is 12.9. The van der Waals surface area contributed by atoms with Gasteiger partial charge in [0.25, 0.3) is 5.91 Å². The Morgan fingerprint density at radius 3 is 2.41 bits per heavy atom. The summed E-state index contributed by atoms with van der Waals surface area (Å²) in [5.74, 6) is 0.169. The molecule has 0 aliphatic carbocycles. The minimum absolute atomic E-state index is 0.0931. The fourth-order valence-corrected chi connectivity index (χ4v) is 3.15. The molecule has 0 heterocycles. The molecule has 0 bridgehead atoms. The Morgan fingerprint density at radius 1 is 1.07 bits per heavy atom. The number of phenolic OH excluding ortho intramolecular Hbond substituents is 1. The SMILES string of the molecule is COc1cc2ccccc2cc1C(=O)NC(=S)Nc1cc(C)cc(C)c1O. The number of aromatic hydroxyl groups is 1. The second kappa shape index (κ2) is 7.63. The topological polar surface area (TPSA) is 70.6 Å². The number of hydrogen-bond acceptors (Lipinski definition) is 4. The zero-order valence-electron chi connectivity index (χ0n) is 15.3. The van der Waals surface area contributed by atoms with Crippen LogP contribution in [0.3, 0.4) is 0 Å². The van der Waals surface area contributed by atoms with E-state index in [0.717, 1.165) is 21.9 Å². The molecule has 0 fully saturated rings. The molecule has 27 heavy (non-hydrogen) atoms. The van der Waals surface area contributed by atoms with Crippen LogP contribution in [0.5, 0.6) is 11.5 Å². The van der Waals surface area contributed by atoms with E-state index in [4.69, 9.17) is 17.0 Å². The standard InChI is InChI=1S/C21H20N2O3S/c1-12-8-13(2)19(24)17(9-12)22-21(27)23-20(25)16-10-14-6-4-5-7-15(14)11-18(16)26-3/h4-11,24H,1-3H3,(H2,22,23,25,27). The van der Waals surface area contributed by atoms with E-state index >= 15 is 0 Å². The van der Waals surface area contributed by atoms with Crippen LogP contribution in [0.1, 0.15) is 21.5 Å². The van der Waals surface area contributed by atoms with Crippen LogP contribution in [0.4, 0.5) is 5.69 Å². The van der Waals surface area contributed by atoms with Gasteiger partial charge in [-0.3, -0.25) is 10.1 Å². The van der Waals surface area contributed by atoms with Crippen LogP contribution in [0, 0.1) is 13.8 Å². The van der Waals surface area contributed by atoms with Crippen molar-refractivity contribution >= 4 is 39.7 Å². The van der Waals surface area contributed by atoms with Crippen molar-refractivity contribution in [3.05, 3.63) is 65.2 Å². The molecule has 5 nitrogen and oxygen atoms in total. The minimum atomic E-state index is -0.390. The highest BCUT2D eigenvalue weighted by Crippen LogP contribution is 2.29. The molecule has 0 radical (unpaired) electrons. The summed E-state index contributed by atoms with van der Waals surface area (Å²) < 4.78 is 5.36. The van der Waals surface area contributed by atoms with Crippen LogP contribution in [0.15, 0.2) is 48.5 Å². The molecular weight excluding hydrogens is 360 g/mol. The number of phenols is 1. The van der Waals surface area contributed by atoms with E-state index in [2.05, 4.69) is 10.6 Å². The van der Waals surface area contributed by atoms with E-state index in [-0.39, 0.29) is 16.8 Å². The summed E-state index contributed by atoms with van der Waals surface area (Å²) >= 11 is 5.24. The molecule has 1 amide bonds. The van der Waals surface area contributed by atoms with Crippen LogP contribution < -0.4 is 15.4 Å². The summed E-state index contributed by atoms with van der Waals surface area (Å²) in [6, 6.07) is 14.9. The predicted octanol–water partition coefficient (Wildman–Crippen LogP) is 4.30. The molecule has 0 atom stereocenters. The van der Waals surface area contributed by atoms with Gasteiger partial charge in [-0.2, -0.15) is 0 Å². The van der Waals surface area contributed by atoms with Crippen molar-refractivity contribution in [1.29, 1.82) is 0 Å². The van der Waals surface area contributed by atoms with Gasteiger partial charge < -0.3 is 15.2 Å². The molecule has 0 saturated carbocycles. The molecule has 3 rings (SSSR count). The van der Waals surface area contributed by atoms with Crippen molar-refractivity contribution in [2.24, 2.45) is 0 Å². The minimum Gasteiger partial charge on any atom is -0.505 e. The Labute approximate surface area is 163 Å². The number of anilines is 1. The summed E-state index contributed by atoms with van der Waals surface area (Å²) in [5, 5.41) is 17.7. The fourth-order valence-electron chi connectivity index (χ4n) is 2.95. The lowest BCUT2D eigenvalue weighted by Crippen LogP contribution is -2.34. The van der Waals surface area contributed by atoms with Gasteiger partial charge in [-0.1, -0.05) is 30.3 Å². The third kappa shape index (κ3) is 4.01. The molecule has 0 aromatic heterocycles. The number of carbonyl (C=O) groups is 1. The maximum Gasteiger partial charge on any atom is 0.261 e. The summed E-state index contributed by atoms with van der Waals surface area (Å²) in [5.41, 5.74) is 2.52. The third-order valence-electron chi connectivity index (χ3n) is 4.23. The summed E-state index contributed by atoms with van der Waals surface area (Å²) in [4.78, 5) is 12.7. The summed E-state index contributed by atoms with van der Waals surface area (Å²) in [6.07, 6.45) is 0. The molecule has 0 unspecified atom stereocenters. The van der Waals surface area contributed by atoms with Crippen molar-refractivity contribution in [3.63, 3.8) is 0 Å². The highest BCUT2D eigenvalue weighted by Gasteiger charge is 2.16. The number of ether oxygens (including phenoxy) is 1. The van der Waals surface area contributed by atoms with Crippen molar-refractivity contribution in [2.45, 2.75) is 13.8 Å². The van der Waals surface area contributed by atoms with E-state index < -0.39 is 0 Å². The monoisotopic (exact) mass is 380 g/mol. The molecule has 0 aliphatic rings. The number of nitrogens with one attached hydrogen (secondary N) is 2. The van der Waals surface area contributed by atoms with Gasteiger partial charge in [0.2, 0.25) is 0 Å². The van der Waals surface area contributed by atoms with Crippen LogP contribution in [-0.4, -0.2) is 23.2 Å². The number of thiocarbonyl (C=S) groups is 1. The third-order valence-corrected chi connectivity index (χ3v) is 4.44. The summed E-state index contributed by atoms with van der Waals surface area (Å²) in [6.45, 7) is 3.72. The number of aryl methyl sites for hydroxylation is 2.